The van der Waals surface area contributed by atoms with Gasteiger partial charge in [0.25, 0.3) is 0 Å². The topological polar surface area (TPSA) is 23.6 Å². The van der Waals surface area contributed by atoms with Crippen LogP contribution in [0.3, 0.4) is 0 Å². The van der Waals surface area contributed by atoms with Gasteiger partial charge in [-0.2, -0.15) is 0 Å². The Kier molecular flexibility index (Phi) is 5.62. The Morgan fingerprint density at radius 2 is 2.05 bits per heavy atom. The summed E-state index contributed by atoms with van der Waals surface area (Å²) in [5.41, 5.74) is -0.0458. The van der Waals surface area contributed by atoms with E-state index in [2.05, 4.69) is 30.6 Å². The lowest BCUT2D eigenvalue weighted by molar-refractivity contribution is -0.119. The smallest absolute Gasteiger partial charge is 0.127 e. The number of aldehydes is 1. The number of rotatable bonds is 6. The number of likely N-dealkylation sites (N-methyl/N-ethyl adjacent to an activating group) is 1. The number of likely N-dealkylation sites (tertiary alicyclic amines) is 1. The van der Waals surface area contributed by atoms with Crippen LogP contribution in [-0.2, 0) is 4.79 Å². The molecule has 0 radical (unpaired) electrons. The molecule has 20 heavy (non-hydrogen) atoms. The van der Waals surface area contributed by atoms with E-state index in [1.54, 1.807) is 0 Å². The molecule has 0 aromatic rings. The van der Waals surface area contributed by atoms with Crippen LogP contribution in [-0.4, -0.2) is 54.9 Å². The van der Waals surface area contributed by atoms with E-state index in [1.165, 1.54) is 32.1 Å². The minimum atomic E-state index is -0.0458. The molecule has 0 aromatic heterocycles. The standard InChI is InChI=1S/C17H32N2O/c1-4-19(5-2)16-8-10-18(12-16)13-17(14-20)9-6-7-15(3)11-17/h14-16H,4-13H2,1-3H3. The van der Waals surface area contributed by atoms with Gasteiger partial charge >= 0.3 is 0 Å². The van der Waals surface area contributed by atoms with Crippen LogP contribution in [0.5, 0.6) is 0 Å². The summed E-state index contributed by atoms with van der Waals surface area (Å²) in [6.45, 7) is 12.4. The van der Waals surface area contributed by atoms with Crippen molar-refractivity contribution in [2.75, 3.05) is 32.7 Å². The fourth-order valence-corrected chi connectivity index (χ4v) is 4.43. The van der Waals surface area contributed by atoms with Gasteiger partial charge in [0.05, 0.1) is 0 Å². The molecule has 1 aliphatic carbocycles. The molecule has 1 aliphatic heterocycles. The van der Waals surface area contributed by atoms with Crippen molar-refractivity contribution < 1.29 is 4.79 Å². The minimum Gasteiger partial charge on any atom is -0.303 e. The van der Waals surface area contributed by atoms with Crippen LogP contribution >= 0.6 is 0 Å². The predicted octanol–water partition coefficient (Wildman–Crippen LogP) is 2.80. The molecule has 0 bridgehead atoms. The minimum absolute atomic E-state index is 0.0458. The lowest BCUT2D eigenvalue weighted by atomic mass is 9.71. The van der Waals surface area contributed by atoms with Gasteiger partial charge in [-0.25, -0.2) is 0 Å². The highest BCUT2D eigenvalue weighted by molar-refractivity contribution is 5.60. The lowest BCUT2D eigenvalue weighted by Gasteiger charge is -2.38. The molecule has 3 heteroatoms. The van der Waals surface area contributed by atoms with Gasteiger partial charge in [0.2, 0.25) is 0 Å². The summed E-state index contributed by atoms with van der Waals surface area (Å²) in [7, 11) is 0. The molecular weight excluding hydrogens is 248 g/mol. The molecule has 3 nitrogen and oxygen atoms in total. The summed E-state index contributed by atoms with van der Waals surface area (Å²) in [5, 5.41) is 0. The Morgan fingerprint density at radius 1 is 1.30 bits per heavy atom. The van der Waals surface area contributed by atoms with Crippen molar-refractivity contribution in [2.24, 2.45) is 11.3 Å². The normalized spacial score (nSPS) is 35.6. The number of nitrogens with zero attached hydrogens (tertiary/aromatic N) is 2. The SMILES string of the molecule is CCN(CC)C1CCN(CC2(C=O)CCCC(C)C2)C1. The monoisotopic (exact) mass is 280 g/mol. The molecule has 1 heterocycles. The van der Waals surface area contributed by atoms with Gasteiger partial charge < -0.3 is 9.69 Å². The van der Waals surface area contributed by atoms with E-state index < -0.39 is 0 Å². The average molecular weight is 280 g/mol. The zero-order chi connectivity index (χ0) is 14.6. The quantitative estimate of drug-likeness (QED) is 0.699. The van der Waals surface area contributed by atoms with Gasteiger partial charge in [-0.15, -0.1) is 0 Å². The fourth-order valence-electron chi connectivity index (χ4n) is 4.43. The summed E-state index contributed by atoms with van der Waals surface area (Å²) in [5.74, 6) is 0.718. The third-order valence-corrected chi connectivity index (χ3v) is 5.49. The van der Waals surface area contributed by atoms with Crippen LogP contribution in [0.4, 0.5) is 0 Å². The third kappa shape index (κ3) is 3.62. The number of hydrogen-bond donors (Lipinski definition) is 0. The van der Waals surface area contributed by atoms with Crippen molar-refractivity contribution in [3.8, 4) is 0 Å². The Balaban J connectivity index is 1.91. The summed E-state index contributed by atoms with van der Waals surface area (Å²) in [6.07, 6.45) is 7.29. The Morgan fingerprint density at radius 3 is 2.65 bits per heavy atom. The Hall–Kier alpha value is -0.410. The molecule has 2 rings (SSSR count). The van der Waals surface area contributed by atoms with Crippen molar-refractivity contribution in [1.82, 2.24) is 9.80 Å². The molecule has 1 saturated heterocycles. The van der Waals surface area contributed by atoms with E-state index >= 15 is 0 Å². The van der Waals surface area contributed by atoms with Gasteiger partial charge in [0.1, 0.15) is 6.29 Å². The average Bonchev–Trinajstić information content (AvgIpc) is 2.88. The Labute approximate surface area is 124 Å². The second-order valence-electron chi connectivity index (χ2n) is 7.08. The highest BCUT2D eigenvalue weighted by Gasteiger charge is 2.38. The van der Waals surface area contributed by atoms with Gasteiger partial charge in [-0.05, 0) is 44.8 Å². The van der Waals surface area contributed by atoms with Crippen molar-refractivity contribution >= 4 is 6.29 Å². The molecule has 0 spiro atoms. The first kappa shape index (κ1) is 16.0. The molecular formula is C17H32N2O. The van der Waals surface area contributed by atoms with Crippen LogP contribution in [0.15, 0.2) is 0 Å². The van der Waals surface area contributed by atoms with E-state index in [0.717, 1.165) is 44.9 Å². The highest BCUT2D eigenvalue weighted by atomic mass is 16.1. The van der Waals surface area contributed by atoms with E-state index in [9.17, 15) is 4.79 Å². The molecule has 0 N–H and O–H groups in total. The maximum absolute atomic E-state index is 11.7. The summed E-state index contributed by atoms with van der Waals surface area (Å²) in [4.78, 5) is 16.8. The van der Waals surface area contributed by atoms with Crippen molar-refractivity contribution in [3.63, 3.8) is 0 Å². The molecule has 116 valence electrons. The zero-order valence-corrected chi connectivity index (χ0v) is 13.6. The van der Waals surface area contributed by atoms with E-state index in [1.807, 2.05) is 0 Å². The number of carbonyl (C=O) groups excluding carboxylic acids is 1. The van der Waals surface area contributed by atoms with Gasteiger partial charge in [0, 0.05) is 24.5 Å². The van der Waals surface area contributed by atoms with Crippen LogP contribution in [0, 0.1) is 11.3 Å². The highest BCUT2D eigenvalue weighted by Crippen LogP contribution is 2.39. The first-order chi connectivity index (χ1) is 9.62. The largest absolute Gasteiger partial charge is 0.303 e. The fraction of sp³-hybridized carbons (Fsp3) is 0.941. The molecule has 3 atom stereocenters. The maximum Gasteiger partial charge on any atom is 0.127 e. The summed E-state index contributed by atoms with van der Waals surface area (Å²) in [6, 6.07) is 0.703. The Bertz CT molecular complexity index is 316. The number of hydrogen-bond acceptors (Lipinski definition) is 3. The van der Waals surface area contributed by atoms with Gasteiger partial charge in [-0.1, -0.05) is 33.6 Å². The molecule has 2 fully saturated rings. The third-order valence-electron chi connectivity index (χ3n) is 5.49. The van der Waals surface area contributed by atoms with E-state index in [0.29, 0.717) is 6.04 Å². The van der Waals surface area contributed by atoms with Crippen molar-refractivity contribution in [2.45, 2.75) is 58.9 Å². The first-order valence-electron chi connectivity index (χ1n) is 8.55. The maximum atomic E-state index is 11.7. The lowest BCUT2D eigenvalue weighted by Crippen LogP contribution is -2.43. The van der Waals surface area contributed by atoms with Gasteiger partial charge in [-0.3, -0.25) is 4.90 Å². The summed E-state index contributed by atoms with van der Waals surface area (Å²) >= 11 is 0. The molecule has 0 aromatic carbocycles. The van der Waals surface area contributed by atoms with Crippen molar-refractivity contribution in [1.29, 1.82) is 0 Å². The molecule has 0 amide bonds. The summed E-state index contributed by atoms with van der Waals surface area (Å²) < 4.78 is 0. The van der Waals surface area contributed by atoms with Crippen molar-refractivity contribution in [3.05, 3.63) is 0 Å². The number of carbonyl (C=O) groups is 1. The van der Waals surface area contributed by atoms with Gasteiger partial charge in [0.15, 0.2) is 0 Å². The van der Waals surface area contributed by atoms with Crippen LogP contribution in [0.1, 0.15) is 52.9 Å². The predicted molar refractivity (Wildman–Crippen MR) is 83.9 cm³/mol. The second-order valence-corrected chi connectivity index (χ2v) is 7.08. The second kappa shape index (κ2) is 7.04. The van der Waals surface area contributed by atoms with E-state index in [4.69, 9.17) is 0 Å². The van der Waals surface area contributed by atoms with Crippen LogP contribution < -0.4 is 0 Å². The van der Waals surface area contributed by atoms with Crippen LogP contribution in [0.25, 0.3) is 0 Å². The zero-order valence-electron chi connectivity index (χ0n) is 13.6. The van der Waals surface area contributed by atoms with E-state index in [-0.39, 0.29) is 5.41 Å². The van der Waals surface area contributed by atoms with Crippen LogP contribution in [0.2, 0.25) is 0 Å². The molecule has 2 aliphatic rings. The molecule has 1 saturated carbocycles. The molecule has 3 unspecified atom stereocenters. The first-order valence-corrected chi connectivity index (χ1v) is 8.55.